The molecule has 0 radical (unpaired) electrons. The summed E-state index contributed by atoms with van der Waals surface area (Å²) in [4.78, 5) is 17.5. The monoisotopic (exact) mass is 417 g/mol. The second-order valence-corrected chi connectivity index (χ2v) is 9.29. The molecule has 0 aliphatic heterocycles. The van der Waals surface area contributed by atoms with Gasteiger partial charge in [-0.25, -0.2) is 13.2 Å². The molecular weight excluding hydrogens is 402 g/mol. The van der Waals surface area contributed by atoms with Crippen LogP contribution >= 0.6 is 23.1 Å². The van der Waals surface area contributed by atoms with E-state index in [1.807, 2.05) is 17.5 Å². The second-order valence-electron chi connectivity index (χ2n) is 5.81. The molecule has 0 spiro atoms. The van der Waals surface area contributed by atoms with Crippen LogP contribution in [0, 0.1) is 0 Å². The lowest BCUT2D eigenvalue weighted by Crippen LogP contribution is -2.13. The minimum absolute atomic E-state index is 0.0860. The van der Waals surface area contributed by atoms with Crippen LogP contribution in [0.1, 0.15) is 5.56 Å². The standard InChI is InChI=1S/C18H15N3O3S3/c22-18-19-14-6-5-13(9-16(14)20-18)27(23,24)21-15-3-1-2-4-17(15)26-11-12-7-8-25-10-12/h1-10,21H,11H2,(H2,19,20,22). The van der Waals surface area contributed by atoms with Gasteiger partial charge in [0.2, 0.25) is 0 Å². The second kappa shape index (κ2) is 7.26. The zero-order chi connectivity index (χ0) is 18.9. The molecule has 0 bridgehead atoms. The summed E-state index contributed by atoms with van der Waals surface area (Å²) in [6.07, 6.45) is 0. The van der Waals surface area contributed by atoms with Gasteiger partial charge in [0, 0.05) is 10.6 Å². The number of aromatic amines is 2. The quantitative estimate of drug-likeness (QED) is 0.413. The van der Waals surface area contributed by atoms with Crippen molar-refractivity contribution in [3.63, 3.8) is 0 Å². The number of benzene rings is 2. The number of H-pyrrole nitrogens is 2. The number of imidazole rings is 1. The fourth-order valence-corrected chi connectivity index (χ4v) is 5.49. The Hall–Kier alpha value is -2.49. The summed E-state index contributed by atoms with van der Waals surface area (Å²) in [6.45, 7) is 0. The summed E-state index contributed by atoms with van der Waals surface area (Å²) >= 11 is 3.21. The number of sulfonamides is 1. The molecule has 138 valence electrons. The molecule has 2 heterocycles. The normalized spacial score (nSPS) is 11.7. The van der Waals surface area contributed by atoms with Crippen LogP contribution in [-0.4, -0.2) is 18.4 Å². The fraction of sp³-hybridized carbons (Fsp3) is 0.0556. The van der Waals surface area contributed by atoms with Crippen molar-refractivity contribution in [1.29, 1.82) is 0 Å². The van der Waals surface area contributed by atoms with Gasteiger partial charge in [-0.3, -0.25) is 4.72 Å². The maximum atomic E-state index is 12.8. The van der Waals surface area contributed by atoms with Crippen molar-refractivity contribution < 1.29 is 8.42 Å². The molecule has 6 nitrogen and oxygen atoms in total. The molecular formula is C18H15N3O3S3. The highest BCUT2D eigenvalue weighted by molar-refractivity contribution is 7.98. The summed E-state index contributed by atoms with van der Waals surface area (Å²) < 4.78 is 28.3. The van der Waals surface area contributed by atoms with Crippen molar-refractivity contribution in [2.75, 3.05) is 4.72 Å². The highest BCUT2D eigenvalue weighted by Gasteiger charge is 2.17. The molecule has 27 heavy (non-hydrogen) atoms. The van der Waals surface area contributed by atoms with E-state index in [4.69, 9.17) is 0 Å². The number of fused-ring (bicyclic) bond motifs is 1. The van der Waals surface area contributed by atoms with Gasteiger partial charge in [-0.2, -0.15) is 11.3 Å². The number of nitrogens with one attached hydrogen (secondary N) is 3. The molecule has 0 amide bonds. The first-order valence-electron chi connectivity index (χ1n) is 7.99. The Morgan fingerprint density at radius 3 is 2.67 bits per heavy atom. The molecule has 2 aromatic heterocycles. The Labute approximate surface area is 163 Å². The maximum Gasteiger partial charge on any atom is 0.323 e. The molecule has 4 rings (SSSR count). The van der Waals surface area contributed by atoms with E-state index in [1.165, 1.54) is 17.7 Å². The third-order valence-electron chi connectivity index (χ3n) is 3.90. The molecule has 0 saturated heterocycles. The number of para-hydroxylation sites is 1. The van der Waals surface area contributed by atoms with Crippen molar-refractivity contribution in [3.05, 3.63) is 75.3 Å². The van der Waals surface area contributed by atoms with Crippen LogP contribution < -0.4 is 10.4 Å². The Kier molecular flexibility index (Phi) is 4.81. The van der Waals surface area contributed by atoms with E-state index in [2.05, 4.69) is 26.1 Å². The van der Waals surface area contributed by atoms with Crippen LogP contribution in [0.2, 0.25) is 0 Å². The number of thioether (sulfide) groups is 1. The Balaban J connectivity index is 1.60. The summed E-state index contributed by atoms with van der Waals surface area (Å²) in [5.41, 5.74) is 2.36. The topological polar surface area (TPSA) is 94.8 Å². The first kappa shape index (κ1) is 17.9. The first-order valence-corrected chi connectivity index (χ1v) is 11.4. The van der Waals surface area contributed by atoms with Crippen LogP contribution in [0.5, 0.6) is 0 Å². The van der Waals surface area contributed by atoms with Crippen LogP contribution in [0.15, 0.2) is 73.9 Å². The van der Waals surface area contributed by atoms with Gasteiger partial charge in [0.1, 0.15) is 0 Å². The van der Waals surface area contributed by atoms with Crippen molar-refractivity contribution in [3.8, 4) is 0 Å². The van der Waals surface area contributed by atoms with Gasteiger partial charge in [-0.1, -0.05) is 12.1 Å². The molecule has 0 unspecified atom stereocenters. The van der Waals surface area contributed by atoms with E-state index in [9.17, 15) is 13.2 Å². The minimum atomic E-state index is -3.79. The minimum Gasteiger partial charge on any atom is -0.306 e. The van der Waals surface area contributed by atoms with Crippen molar-refractivity contribution in [2.45, 2.75) is 15.5 Å². The Bertz CT molecular complexity index is 1240. The van der Waals surface area contributed by atoms with E-state index >= 15 is 0 Å². The molecule has 0 saturated carbocycles. The van der Waals surface area contributed by atoms with Gasteiger partial charge in [0.15, 0.2) is 0 Å². The first-order chi connectivity index (χ1) is 13.0. The van der Waals surface area contributed by atoms with E-state index in [1.54, 1.807) is 41.3 Å². The molecule has 9 heteroatoms. The average molecular weight is 418 g/mol. The molecule has 0 aliphatic rings. The zero-order valence-corrected chi connectivity index (χ0v) is 16.4. The summed E-state index contributed by atoms with van der Waals surface area (Å²) in [5.74, 6) is 0.763. The number of hydrogen-bond acceptors (Lipinski definition) is 5. The van der Waals surface area contributed by atoms with Gasteiger partial charge in [0.25, 0.3) is 10.0 Å². The zero-order valence-electron chi connectivity index (χ0n) is 13.9. The fourth-order valence-electron chi connectivity index (χ4n) is 2.60. The Morgan fingerprint density at radius 1 is 1.04 bits per heavy atom. The highest BCUT2D eigenvalue weighted by Crippen LogP contribution is 2.32. The van der Waals surface area contributed by atoms with Crippen molar-refractivity contribution in [2.24, 2.45) is 0 Å². The van der Waals surface area contributed by atoms with Crippen LogP contribution in [-0.2, 0) is 15.8 Å². The SMILES string of the molecule is O=c1[nH]c2ccc(S(=O)(=O)Nc3ccccc3SCc3ccsc3)cc2[nH]1. The highest BCUT2D eigenvalue weighted by atomic mass is 32.2. The number of hydrogen-bond donors (Lipinski definition) is 3. The van der Waals surface area contributed by atoms with Crippen molar-refractivity contribution >= 4 is 49.8 Å². The van der Waals surface area contributed by atoms with Crippen LogP contribution in [0.25, 0.3) is 11.0 Å². The Morgan fingerprint density at radius 2 is 1.85 bits per heavy atom. The summed E-state index contributed by atoms with van der Waals surface area (Å²) in [7, 11) is -3.79. The van der Waals surface area contributed by atoms with Crippen molar-refractivity contribution in [1.82, 2.24) is 9.97 Å². The molecule has 4 aromatic rings. The molecule has 0 fully saturated rings. The number of anilines is 1. The maximum absolute atomic E-state index is 12.8. The largest absolute Gasteiger partial charge is 0.323 e. The summed E-state index contributed by atoms with van der Waals surface area (Å²) in [6, 6.07) is 13.8. The van der Waals surface area contributed by atoms with Gasteiger partial charge < -0.3 is 9.97 Å². The number of rotatable bonds is 6. The van der Waals surface area contributed by atoms with Crippen LogP contribution in [0.4, 0.5) is 5.69 Å². The van der Waals surface area contributed by atoms with E-state index in [0.29, 0.717) is 16.7 Å². The molecule has 2 aromatic carbocycles. The predicted molar refractivity (Wildman–Crippen MR) is 110 cm³/mol. The lowest BCUT2D eigenvalue weighted by atomic mass is 10.3. The molecule has 0 aliphatic carbocycles. The lowest BCUT2D eigenvalue weighted by molar-refractivity contribution is 0.601. The lowest BCUT2D eigenvalue weighted by Gasteiger charge is -2.12. The number of aromatic nitrogens is 2. The van der Waals surface area contributed by atoms with Crippen LogP contribution in [0.3, 0.4) is 0 Å². The predicted octanol–water partition coefficient (Wildman–Crippen LogP) is 4.01. The van der Waals surface area contributed by atoms with E-state index in [0.717, 1.165) is 10.6 Å². The molecule has 3 N–H and O–H groups in total. The van der Waals surface area contributed by atoms with Gasteiger partial charge in [0.05, 0.1) is 21.6 Å². The average Bonchev–Trinajstić information content (AvgIpc) is 3.28. The number of thiophene rings is 1. The van der Waals surface area contributed by atoms with E-state index < -0.39 is 10.0 Å². The molecule has 0 atom stereocenters. The summed E-state index contributed by atoms with van der Waals surface area (Å²) in [5, 5.41) is 4.10. The smallest absolute Gasteiger partial charge is 0.306 e. The third-order valence-corrected chi connectivity index (χ3v) is 7.14. The van der Waals surface area contributed by atoms with Gasteiger partial charge in [-0.15, -0.1) is 11.8 Å². The van der Waals surface area contributed by atoms with E-state index in [-0.39, 0.29) is 10.6 Å². The third kappa shape index (κ3) is 3.95. The van der Waals surface area contributed by atoms with Gasteiger partial charge in [-0.05, 0) is 52.7 Å². The van der Waals surface area contributed by atoms with Gasteiger partial charge >= 0.3 is 5.69 Å².